The summed E-state index contributed by atoms with van der Waals surface area (Å²) in [5.41, 5.74) is 0.471. The van der Waals surface area contributed by atoms with Crippen molar-refractivity contribution in [2.24, 2.45) is 4.99 Å². The number of hydrogen-bond donors (Lipinski definition) is 3. The molecule has 0 radical (unpaired) electrons. The summed E-state index contributed by atoms with van der Waals surface area (Å²) in [4.78, 5) is 40.8. The molecule has 0 fully saturated rings. The summed E-state index contributed by atoms with van der Waals surface area (Å²) in [5, 5.41) is 5.50. The van der Waals surface area contributed by atoms with Gasteiger partial charge in [0.05, 0.1) is 7.05 Å². The average molecular weight is 395 g/mol. The SMILES string of the molecule is CC(C)NC(=O)C[NH+](C)CC1=NC(=O)[C@H](CC(=O)Nc2ccc(F)cc2)S1. The molecule has 1 aromatic rings. The lowest BCUT2D eigenvalue weighted by atomic mass is 10.2. The Morgan fingerprint density at radius 3 is 2.56 bits per heavy atom. The molecule has 146 valence electrons. The van der Waals surface area contributed by atoms with Gasteiger partial charge >= 0.3 is 0 Å². The van der Waals surface area contributed by atoms with Crippen molar-refractivity contribution in [3.8, 4) is 0 Å². The van der Waals surface area contributed by atoms with Crippen LogP contribution in [0.15, 0.2) is 29.3 Å². The second kappa shape index (κ2) is 9.61. The number of nitrogens with zero attached hydrogens (tertiary/aromatic N) is 1. The maximum Gasteiger partial charge on any atom is 0.275 e. The molecule has 2 atom stereocenters. The summed E-state index contributed by atoms with van der Waals surface area (Å²) in [6.07, 6.45) is -0.0131. The average Bonchev–Trinajstić information content (AvgIpc) is 2.87. The van der Waals surface area contributed by atoms with Crippen molar-refractivity contribution in [2.45, 2.75) is 31.6 Å². The van der Waals surface area contributed by atoms with Crippen LogP contribution in [0, 0.1) is 5.82 Å². The first-order valence-electron chi connectivity index (χ1n) is 8.67. The fraction of sp³-hybridized carbons (Fsp3) is 0.444. The zero-order valence-electron chi connectivity index (χ0n) is 15.5. The number of carbonyl (C=O) groups is 3. The van der Waals surface area contributed by atoms with E-state index >= 15 is 0 Å². The van der Waals surface area contributed by atoms with E-state index < -0.39 is 5.25 Å². The van der Waals surface area contributed by atoms with Gasteiger partial charge in [0.25, 0.3) is 11.8 Å². The van der Waals surface area contributed by atoms with E-state index in [4.69, 9.17) is 0 Å². The Balaban J connectivity index is 1.79. The second-order valence-corrected chi connectivity index (χ2v) is 8.02. The monoisotopic (exact) mass is 395 g/mol. The predicted molar refractivity (Wildman–Crippen MR) is 103 cm³/mol. The molecule has 27 heavy (non-hydrogen) atoms. The van der Waals surface area contributed by atoms with Crippen LogP contribution in [0.1, 0.15) is 20.3 Å². The number of amides is 3. The van der Waals surface area contributed by atoms with Crippen molar-refractivity contribution in [1.82, 2.24) is 5.32 Å². The third-order valence-corrected chi connectivity index (χ3v) is 4.81. The zero-order valence-corrected chi connectivity index (χ0v) is 16.4. The van der Waals surface area contributed by atoms with E-state index in [0.717, 1.165) is 4.90 Å². The normalized spacial score (nSPS) is 17.6. The lowest BCUT2D eigenvalue weighted by Gasteiger charge is -2.15. The van der Waals surface area contributed by atoms with Gasteiger partial charge in [-0.3, -0.25) is 14.4 Å². The van der Waals surface area contributed by atoms with Crippen LogP contribution in [0.5, 0.6) is 0 Å². The lowest BCUT2D eigenvalue weighted by Crippen LogP contribution is -3.11. The lowest BCUT2D eigenvalue weighted by molar-refractivity contribution is -0.861. The first-order chi connectivity index (χ1) is 12.7. The van der Waals surface area contributed by atoms with Gasteiger partial charge in [-0.15, -0.1) is 0 Å². The van der Waals surface area contributed by atoms with E-state index in [1.54, 1.807) is 0 Å². The molecule has 1 aliphatic heterocycles. The van der Waals surface area contributed by atoms with E-state index in [0.29, 0.717) is 17.3 Å². The molecule has 3 amide bonds. The summed E-state index contributed by atoms with van der Waals surface area (Å²) in [6, 6.07) is 5.49. The largest absolute Gasteiger partial charge is 0.349 e. The van der Waals surface area contributed by atoms with Gasteiger partial charge in [-0.25, -0.2) is 9.38 Å². The minimum Gasteiger partial charge on any atom is -0.349 e. The molecule has 7 nitrogen and oxygen atoms in total. The van der Waals surface area contributed by atoms with Crippen LogP contribution in [-0.2, 0) is 14.4 Å². The molecule has 0 bridgehead atoms. The Bertz CT molecular complexity index is 737. The molecule has 1 unspecified atom stereocenters. The summed E-state index contributed by atoms with van der Waals surface area (Å²) >= 11 is 1.26. The fourth-order valence-electron chi connectivity index (χ4n) is 2.53. The molecule has 0 spiro atoms. The number of anilines is 1. The van der Waals surface area contributed by atoms with Crippen molar-refractivity contribution in [3.63, 3.8) is 0 Å². The molecule has 3 N–H and O–H groups in total. The van der Waals surface area contributed by atoms with Gasteiger partial charge in [0, 0.05) is 18.2 Å². The number of aliphatic imine (C=N–C) groups is 1. The van der Waals surface area contributed by atoms with Crippen molar-refractivity contribution in [1.29, 1.82) is 0 Å². The minimum atomic E-state index is -0.572. The summed E-state index contributed by atoms with van der Waals surface area (Å²) < 4.78 is 12.9. The summed E-state index contributed by atoms with van der Waals surface area (Å²) in [7, 11) is 1.85. The Labute approximate surface area is 161 Å². The number of quaternary nitrogens is 1. The van der Waals surface area contributed by atoms with Crippen LogP contribution in [0.2, 0.25) is 0 Å². The van der Waals surface area contributed by atoms with Crippen molar-refractivity contribution in [3.05, 3.63) is 30.1 Å². The number of nitrogens with one attached hydrogen (secondary N) is 3. The number of benzene rings is 1. The topological polar surface area (TPSA) is 92.1 Å². The number of likely N-dealkylation sites (N-methyl/N-ethyl adjacent to an activating group) is 1. The molecule has 1 aliphatic rings. The van der Waals surface area contributed by atoms with Gasteiger partial charge in [-0.1, -0.05) is 11.8 Å². The van der Waals surface area contributed by atoms with Crippen molar-refractivity contribution in [2.75, 3.05) is 25.5 Å². The van der Waals surface area contributed by atoms with E-state index in [1.807, 2.05) is 20.9 Å². The zero-order chi connectivity index (χ0) is 20.0. The summed E-state index contributed by atoms with van der Waals surface area (Å²) in [5.74, 6) is -1.13. The Hall–Kier alpha value is -2.26. The Morgan fingerprint density at radius 2 is 1.93 bits per heavy atom. The van der Waals surface area contributed by atoms with Crippen LogP contribution >= 0.6 is 11.8 Å². The van der Waals surface area contributed by atoms with Gasteiger partial charge in [0.2, 0.25) is 5.91 Å². The first kappa shape index (κ1) is 21.0. The van der Waals surface area contributed by atoms with Gasteiger partial charge in [-0.2, -0.15) is 0 Å². The smallest absolute Gasteiger partial charge is 0.275 e. The van der Waals surface area contributed by atoms with E-state index in [-0.39, 0.29) is 42.5 Å². The Kier molecular flexibility index (Phi) is 7.49. The maximum atomic E-state index is 12.9. The van der Waals surface area contributed by atoms with Crippen molar-refractivity contribution < 1.29 is 23.7 Å². The van der Waals surface area contributed by atoms with Crippen LogP contribution < -0.4 is 15.5 Å². The number of thioether (sulfide) groups is 1. The van der Waals surface area contributed by atoms with Crippen LogP contribution in [0.25, 0.3) is 0 Å². The third-order valence-electron chi connectivity index (χ3n) is 3.65. The molecule has 1 aromatic carbocycles. The minimum absolute atomic E-state index is 0.0131. The van der Waals surface area contributed by atoms with E-state index in [1.165, 1.54) is 36.0 Å². The quantitative estimate of drug-likeness (QED) is 0.588. The number of hydrogen-bond acceptors (Lipinski definition) is 4. The standard InChI is InChI=1S/C18H23FN4O3S/c1-11(2)20-16(25)9-23(3)10-17-22-18(26)14(27-17)8-15(24)21-13-6-4-12(19)5-7-13/h4-7,11,14H,8-10H2,1-3H3,(H,20,25)(H,21,24)/p+1/t14-/m0/s1. The third kappa shape index (κ3) is 7.10. The van der Waals surface area contributed by atoms with Crippen LogP contribution in [0.4, 0.5) is 10.1 Å². The highest BCUT2D eigenvalue weighted by atomic mass is 32.2. The number of carbonyl (C=O) groups excluding carboxylic acids is 3. The number of halogens is 1. The van der Waals surface area contributed by atoms with Crippen LogP contribution in [-0.4, -0.2) is 54.2 Å². The van der Waals surface area contributed by atoms with Gasteiger partial charge < -0.3 is 15.5 Å². The molecule has 0 aromatic heterocycles. The van der Waals surface area contributed by atoms with Gasteiger partial charge in [-0.05, 0) is 38.1 Å². The molecule has 9 heteroatoms. The molecule has 1 heterocycles. The van der Waals surface area contributed by atoms with Gasteiger partial charge in [0.1, 0.15) is 22.7 Å². The fourth-order valence-corrected chi connectivity index (χ4v) is 3.72. The predicted octanol–water partition coefficient (Wildman–Crippen LogP) is 0.234. The molecule has 2 rings (SSSR count). The molecule has 0 aliphatic carbocycles. The van der Waals surface area contributed by atoms with Gasteiger partial charge in [0.15, 0.2) is 6.54 Å². The highest BCUT2D eigenvalue weighted by Crippen LogP contribution is 2.25. The second-order valence-electron chi connectivity index (χ2n) is 6.74. The highest BCUT2D eigenvalue weighted by Gasteiger charge is 2.32. The highest BCUT2D eigenvalue weighted by molar-refractivity contribution is 8.15. The molecular weight excluding hydrogens is 371 g/mol. The first-order valence-corrected chi connectivity index (χ1v) is 9.55. The number of rotatable bonds is 8. The molecule has 0 saturated carbocycles. The van der Waals surface area contributed by atoms with E-state index in [9.17, 15) is 18.8 Å². The van der Waals surface area contributed by atoms with Crippen LogP contribution in [0.3, 0.4) is 0 Å². The maximum absolute atomic E-state index is 12.9. The van der Waals surface area contributed by atoms with Crippen molar-refractivity contribution >= 4 is 40.2 Å². The van der Waals surface area contributed by atoms with E-state index in [2.05, 4.69) is 15.6 Å². The molecule has 0 saturated heterocycles. The molecular formula is C18H24FN4O3S+. The Morgan fingerprint density at radius 1 is 1.26 bits per heavy atom. The summed E-state index contributed by atoms with van der Waals surface area (Å²) in [6.45, 7) is 4.51.